The fraction of sp³-hybridized carbons (Fsp3) is 0.250. The van der Waals surface area contributed by atoms with Gasteiger partial charge in [0.25, 0.3) is 0 Å². The Bertz CT molecular complexity index is 1210. The Morgan fingerprint density at radius 1 is 1.17 bits per heavy atom. The van der Waals surface area contributed by atoms with Crippen molar-refractivity contribution in [1.29, 1.82) is 5.26 Å². The maximum absolute atomic E-state index is 13.6. The number of nitrogens with one attached hydrogen (secondary N) is 2. The van der Waals surface area contributed by atoms with Gasteiger partial charge in [-0.3, -0.25) is 9.59 Å². The Hall–Kier alpha value is -3.87. The van der Waals surface area contributed by atoms with Crippen LogP contribution in [-0.4, -0.2) is 26.4 Å². The van der Waals surface area contributed by atoms with Gasteiger partial charge in [-0.05, 0) is 25.8 Å². The molecule has 1 aromatic carbocycles. The molecule has 3 rings (SSSR count). The Morgan fingerprint density at radius 2 is 1.80 bits per heavy atom. The number of benzene rings is 1. The minimum atomic E-state index is -1.15. The summed E-state index contributed by atoms with van der Waals surface area (Å²) in [4.78, 5) is 28.1. The van der Waals surface area contributed by atoms with Crippen molar-refractivity contribution >= 4 is 28.8 Å². The second-order valence-corrected chi connectivity index (χ2v) is 6.71. The lowest BCUT2D eigenvalue weighted by Crippen LogP contribution is -2.17. The molecule has 2 aromatic heterocycles. The Labute approximate surface area is 170 Å². The molecule has 0 fully saturated rings. The SMILES string of the molecule is CC(=O)Nc1cc(F)c(F)cc1NC(=O)CCc1c(C)nc2c(C#N)cnn2c1C. The van der Waals surface area contributed by atoms with Crippen LogP contribution >= 0.6 is 0 Å². The van der Waals surface area contributed by atoms with Crippen molar-refractivity contribution in [3.8, 4) is 6.07 Å². The lowest BCUT2D eigenvalue weighted by atomic mass is 10.1. The van der Waals surface area contributed by atoms with Gasteiger partial charge in [-0.15, -0.1) is 0 Å². The van der Waals surface area contributed by atoms with Crippen LogP contribution < -0.4 is 10.6 Å². The molecular weight excluding hydrogens is 394 g/mol. The van der Waals surface area contributed by atoms with E-state index in [1.54, 1.807) is 11.4 Å². The van der Waals surface area contributed by atoms with Gasteiger partial charge in [-0.2, -0.15) is 10.4 Å². The van der Waals surface area contributed by atoms with Crippen molar-refractivity contribution in [3.05, 3.63) is 52.5 Å². The molecule has 0 unspecified atom stereocenters. The van der Waals surface area contributed by atoms with E-state index in [2.05, 4.69) is 20.7 Å². The van der Waals surface area contributed by atoms with Crippen LogP contribution in [0.5, 0.6) is 0 Å². The van der Waals surface area contributed by atoms with Gasteiger partial charge in [0.2, 0.25) is 11.8 Å². The average molecular weight is 412 g/mol. The van der Waals surface area contributed by atoms with Crippen LogP contribution in [0.2, 0.25) is 0 Å². The normalized spacial score (nSPS) is 10.7. The fourth-order valence-corrected chi connectivity index (χ4v) is 3.15. The number of halogens is 2. The Morgan fingerprint density at radius 3 is 2.40 bits per heavy atom. The number of carbonyl (C=O) groups is 2. The molecule has 2 amide bonds. The van der Waals surface area contributed by atoms with Crippen molar-refractivity contribution in [1.82, 2.24) is 14.6 Å². The van der Waals surface area contributed by atoms with Gasteiger partial charge in [0, 0.05) is 36.9 Å². The highest BCUT2D eigenvalue weighted by Crippen LogP contribution is 2.26. The molecule has 0 radical (unpaired) electrons. The van der Waals surface area contributed by atoms with Gasteiger partial charge in [0.05, 0.1) is 17.6 Å². The molecule has 0 atom stereocenters. The molecule has 154 valence electrons. The zero-order chi connectivity index (χ0) is 22.0. The van der Waals surface area contributed by atoms with Crippen molar-refractivity contribution < 1.29 is 18.4 Å². The monoisotopic (exact) mass is 412 g/mol. The van der Waals surface area contributed by atoms with Crippen LogP contribution in [0.4, 0.5) is 20.2 Å². The number of hydrogen-bond acceptors (Lipinski definition) is 5. The average Bonchev–Trinajstić information content (AvgIpc) is 3.08. The number of nitriles is 1. The summed E-state index contributed by atoms with van der Waals surface area (Å²) in [5.41, 5.74) is 2.93. The second-order valence-electron chi connectivity index (χ2n) is 6.71. The first-order valence-electron chi connectivity index (χ1n) is 9.01. The Kier molecular flexibility index (Phi) is 5.73. The molecule has 0 aliphatic rings. The van der Waals surface area contributed by atoms with Gasteiger partial charge in [0.1, 0.15) is 11.6 Å². The zero-order valence-electron chi connectivity index (χ0n) is 16.5. The first-order chi connectivity index (χ1) is 14.2. The van der Waals surface area contributed by atoms with Crippen LogP contribution in [0.1, 0.15) is 35.9 Å². The van der Waals surface area contributed by atoms with Crippen molar-refractivity contribution in [2.24, 2.45) is 0 Å². The summed E-state index contributed by atoms with van der Waals surface area (Å²) in [7, 11) is 0. The molecule has 0 spiro atoms. The van der Waals surface area contributed by atoms with E-state index in [9.17, 15) is 18.4 Å². The molecular formula is C20H18F2N6O2. The lowest BCUT2D eigenvalue weighted by molar-refractivity contribution is -0.116. The third-order valence-corrected chi connectivity index (χ3v) is 4.58. The highest BCUT2D eigenvalue weighted by atomic mass is 19.2. The highest BCUT2D eigenvalue weighted by Gasteiger charge is 2.17. The van der Waals surface area contributed by atoms with Crippen molar-refractivity contribution in [2.75, 3.05) is 10.6 Å². The van der Waals surface area contributed by atoms with Gasteiger partial charge in [0.15, 0.2) is 17.3 Å². The number of aromatic nitrogens is 3. The number of carbonyl (C=O) groups excluding carboxylic acids is 2. The van der Waals surface area contributed by atoms with E-state index < -0.39 is 23.4 Å². The number of hydrogen-bond donors (Lipinski definition) is 2. The van der Waals surface area contributed by atoms with Crippen LogP contribution in [0.3, 0.4) is 0 Å². The van der Waals surface area contributed by atoms with Crippen LogP contribution in [-0.2, 0) is 16.0 Å². The number of anilines is 2. The van der Waals surface area contributed by atoms with Gasteiger partial charge >= 0.3 is 0 Å². The largest absolute Gasteiger partial charge is 0.324 e. The third-order valence-electron chi connectivity index (χ3n) is 4.58. The second kappa shape index (κ2) is 8.24. The summed E-state index contributed by atoms with van der Waals surface area (Å²) in [6.45, 7) is 4.81. The first kappa shape index (κ1) is 20.9. The van der Waals surface area contributed by atoms with Crippen molar-refractivity contribution in [3.63, 3.8) is 0 Å². The van der Waals surface area contributed by atoms with E-state index in [1.165, 1.54) is 13.1 Å². The zero-order valence-corrected chi connectivity index (χ0v) is 16.5. The van der Waals surface area contributed by atoms with E-state index in [0.29, 0.717) is 23.3 Å². The third kappa shape index (κ3) is 4.10. The van der Waals surface area contributed by atoms with Crippen LogP contribution in [0.25, 0.3) is 5.65 Å². The van der Waals surface area contributed by atoms with Crippen LogP contribution in [0, 0.1) is 36.8 Å². The summed E-state index contributed by atoms with van der Waals surface area (Å²) >= 11 is 0. The maximum Gasteiger partial charge on any atom is 0.224 e. The Balaban J connectivity index is 1.79. The minimum Gasteiger partial charge on any atom is -0.324 e. The van der Waals surface area contributed by atoms with E-state index in [0.717, 1.165) is 23.4 Å². The molecule has 2 heterocycles. The smallest absolute Gasteiger partial charge is 0.224 e. The van der Waals surface area contributed by atoms with Crippen molar-refractivity contribution in [2.45, 2.75) is 33.6 Å². The van der Waals surface area contributed by atoms with Gasteiger partial charge in [-0.1, -0.05) is 0 Å². The number of rotatable bonds is 5. The van der Waals surface area contributed by atoms with Gasteiger partial charge in [-0.25, -0.2) is 18.3 Å². The molecule has 30 heavy (non-hydrogen) atoms. The van der Waals surface area contributed by atoms with E-state index in [-0.39, 0.29) is 17.8 Å². The highest BCUT2D eigenvalue weighted by molar-refractivity contribution is 5.98. The minimum absolute atomic E-state index is 0.0275. The summed E-state index contributed by atoms with van der Waals surface area (Å²) in [6, 6.07) is 3.66. The molecule has 3 aromatic rings. The number of nitrogens with zero attached hydrogens (tertiary/aromatic N) is 4. The molecule has 8 nitrogen and oxygen atoms in total. The number of fused-ring (bicyclic) bond motifs is 1. The molecule has 0 bridgehead atoms. The predicted octanol–water partition coefficient (Wildman–Crippen LogP) is 3.03. The summed E-state index contributed by atoms with van der Waals surface area (Å²) < 4.78 is 28.6. The maximum atomic E-state index is 13.6. The summed E-state index contributed by atoms with van der Waals surface area (Å²) in [6.07, 6.45) is 1.77. The first-order valence-corrected chi connectivity index (χ1v) is 9.01. The lowest BCUT2D eigenvalue weighted by Gasteiger charge is -2.13. The summed E-state index contributed by atoms with van der Waals surface area (Å²) in [5.74, 6) is -3.23. The van der Waals surface area contributed by atoms with Gasteiger partial charge < -0.3 is 10.6 Å². The molecule has 0 aliphatic carbocycles. The van der Waals surface area contributed by atoms with E-state index in [4.69, 9.17) is 5.26 Å². The van der Waals surface area contributed by atoms with E-state index in [1.807, 2.05) is 13.0 Å². The molecule has 0 aliphatic heterocycles. The number of aryl methyl sites for hydroxylation is 2. The molecule has 10 heteroatoms. The number of amides is 2. The molecule has 0 saturated heterocycles. The van der Waals surface area contributed by atoms with E-state index >= 15 is 0 Å². The van der Waals surface area contributed by atoms with Crippen LogP contribution in [0.15, 0.2) is 18.3 Å². The molecule has 0 saturated carbocycles. The quantitative estimate of drug-likeness (QED) is 0.669. The topological polar surface area (TPSA) is 112 Å². The summed E-state index contributed by atoms with van der Waals surface area (Å²) in [5, 5.41) is 18.1. The standard InChI is InChI=1S/C20H18F2N6O2/c1-10-14(11(2)28-20(25-10)13(8-23)9-24-28)4-5-19(30)27-18-7-16(22)15(21)6-17(18)26-12(3)29/h6-7,9H,4-5H2,1-3H3,(H,26,29)(H,27,30). The predicted molar refractivity (Wildman–Crippen MR) is 105 cm³/mol. The fourth-order valence-electron chi connectivity index (χ4n) is 3.15. The molecule has 2 N–H and O–H groups in total.